The van der Waals surface area contributed by atoms with Crippen molar-refractivity contribution in [3.8, 4) is 0 Å². The molecule has 1 saturated heterocycles. The van der Waals surface area contributed by atoms with Crippen LogP contribution in [0.4, 0.5) is 5.69 Å². The van der Waals surface area contributed by atoms with Crippen molar-refractivity contribution in [2.45, 2.75) is 25.3 Å². The van der Waals surface area contributed by atoms with E-state index in [2.05, 4.69) is 15.7 Å². The Morgan fingerprint density at radius 3 is 2.37 bits per heavy atom. The molecule has 2 heterocycles. The highest BCUT2D eigenvalue weighted by molar-refractivity contribution is 7.89. The zero-order chi connectivity index (χ0) is 21.9. The number of hydrogen-bond donors (Lipinski definition) is 2. The van der Waals surface area contributed by atoms with Gasteiger partial charge in [0.15, 0.2) is 0 Å². The highest BCUT2D eigenvalue weighted by Crippen LogP contribution is 2.24. The lowest BCUT2D eigenvalue weighted by molar-refractivity contribution is -0.116. The fraction of sp³-hybridized carbons (Fsp3) is 0.421. The van der Waals surface area contributed by atoms with Crippen molar-refractivity contribution < 1.29 is 22.7 Å². The molecule has 162 valence electrons. The summed E-state index contributed by atoms with van der Waals surface area (Å²) in [5, 5.41) is 9.52. The van der Waals surface area contributed by atoms with E-state index in [4.69, 9.17) is 4.74 Å². The highest BCUT2D eigenvalue weighted by atomic mass is 32.2. The van der Waals surface area contributed by atoms with Gasteiger partial charge in [0.25, 0.3) is 5.91 Å². The zero-order valence-corrected chi connectivity index (χ0v) is 18.0. The lowest BCUT2D eigenvalue weighted by Crippen LogP contribution is -2.41. The van der Waals surface area contributed by atoms with E-state index < -0.39 is 10.0 Å². The second-order valence-electron chi connectivity index (χ2n) is 6.88. The van der Waals surface area contributed by atoms with Gasteiger partial charge in [0.1, 0.15) is 11.4 Å². The van der Waals surface area contributed by atoms with Gasteiger partial charge in [-0.2, -0.15) is 9.40 Å². The molecule has 0 aliphatic carbocycles. The Hall–Kier alpha value is -2.76. The van der Waals surface area contributed by atoms with Crippen LogP contribution in [0.15, 0.2) is 29.2 Å². The van der Waals surface area contributed by atoms with E-state index in [1.54, 1.807) is 45.2 Å². The predicted molar refractivity (Wildman–Crippen MR) is 110 cm³/mol. The van der Waals surface area contributed by atoms with Crippen molar-refractivity contribution >= 4 is 27.5 Å². The first-order chi connectivity index (χ1) is 14.2. The van der Waals surface area contributed by atoms with Crippen LogP contribution in [0.1, 0.15) is 21.7 Å². The summed E-state index contributed by atoms with van der Waals surface area (Å²) in [7, 11) is -2.17. The first-order valence-corrected chi connectivity index (χ1v) is 10.9. The Kier molecular flexibility index (Phi) is 6.54. The summed E-state index contributed by atoms with van der Waals surface area (Å²) in [6.07, 6.45) is 0. The molecule has 1 aliphatic rings. The number of nitrogens with zero attached hydrogens (tertiary/aromatic N) is 3. The molecule has 30 heavy (non-hydrogen) atoms. The van der Waals surface area contributed by atoms with Crippen LogP contribution in [0.2, 0.25) is 0 Å². The molecule has 2 amide bonds. The summed E-state index contributed by atoms with van der Waals surface area (Å²) in [6.45, 7) is 4.41. The van der Waals surface area contributed by atoms with Crippen LogP contribution in [-0.4, -0.2) is 67.7 Å². The van der Waals surface area contributed by atoms with Crippen LogP contribution in [-0.2, 0) is 26.1 Å². The van der Waals surface area contributed by atoms with Gasteiger partial charge in [0, 0.05) is 31.4 Å². The molecule has 1 aromatic carbocycles. The molecule has 0 spiro atoms. The van der Waals surface area contributed by atoms with Crippen LogP contribution >= 0.6 is 0 Å². The maximum atomic E-state index is 13.0. The van der Waals surface area contributed by atoms with Gasteiger partial charge >= 0.3 is 0 Å². The van der Waals surface area contributed by atoms with Crippen molar-refractivity contribution in [1.82, 2.24) is 19.4 Å². The summed E-state index contributed by atoms with van der Waals surface area (Å²) in [5.41, 5.74) is 1.76. The van der Waals surface area contributed by atoms with Crippen LogP contribution in [0.3, 0.4) is 0 Å². The van der Waals surface area contributed by atoms with Crippen molar-refractivity contribution in [3.63, 3.8) is 0 Å². The number of morpholine rings is 1. The molecule has 0 atom stereocenters. The van der Waals surface area contributed by atoms with E-state index in [9.17, 15) is 18.0 Å². The second-order valence-corrected chi connectivity index (χ2v) is 8.75. The molecule has 0 unspecified atom stereocenters. The van der Waals surface area contributed by atoms with E-state index in [0.717, 1.165) is 0 Å². The Morgan fingerprint density at radius 1 is 1.13 bits per heavy atom. The predicted octanol–water partition coefficient (Wildman–Crippen LogP) is 0.519. The minimum absolute atomic E-state index is 0.132. The maximum Gasteiger partial charge on any atom is 0.251 e. The van der Waals surface area contributed by atoms with Gasteiger partial charge in [0.05, 0.1) is 24.6 Å². The number of rotatable bonds is 6. The van der Waals surface area contributed by atoms with E-state index in [0.29, 0.717) is 48.9 Å². The number of aromatic nitrogens is 2. The minimum Gasteiger partial charge on any atom is -0.379 e. The number of sulfonamides is 1. The average molecular weight is 436 g/mol. The zero-order valence-electron chi connectivity index (χ0n) is 17.1. The quantitative estimate of drug-likeness (QED) is 0.682. The number of carbonyl (C=O) groups is 2. The minimum atomic E-state index is -3.71. The number of ether oxygens (including phenoxy) is 1. The third kappa shape index (κ3) is 4.53. The van der Waals surface area contributed by atoms with Crippen molar-refractivity contribution in [2.75, 3.05) is 38.7 Å². The summed E-state index contributed by atoms with van der Waals surface area (Å²) in [5.74, 6) is -0.576. The summed E-state index contributed by atoms with van der Waals surface area (Å²) >= 11 is 0. The number of nitrogens with one attached hydrogen (secondary N) is 2. The van der Waals surface area contributed by atoms with E-state index in [1.807, 2.05) is 0 Å². The average Bonchev–Trinajstić information content (AvgIpc) is 3.02. The van der Waals surface area contributed by atoms with Gasteiger partial charge in [0.2, 0.25) is 15.9 Å². The van der Waals surface area contributed by atoms with Crippen molar-refractivity contribution in [2.24, 2.45) is 0 Å². The molecule has 1 aliphatic heterocycles. The summed E-state index contributed by atoms with van der Waals surface area (Å²) < 4.78 is 34.0. The lowest BCUT2D eigenvalue weighted by atomic mass is 10.2. The molecule has 0 saturated carbocycles. The summed E-state index contributed by atoms with van der Waals surface area (Å²) in [6, 6.07) is 6.45. The van der Waals surface area contributed by atoms with Gasteiger partial charge in [-0.15, -0.1) is 0 Å². The topological polar surface area (TPSA) is 123 Å². The van der Waals surface area contributed by atoms with Crippen molar-refractivity contribution in [1.29, 1.82) is 0 Å². The Morgan fingerprint density at radius 2 is 1.77 bits per heavy atom. The van der Waals surface area contributed by atoms with Crippen LogP contribution < -0.4 is 10.6 Å². The SMILES string of the molecule is CNC(=O)c1ccc(NC(=O)Cn2nc(C)c(S(=O)(=O)N3CCOCC3)c2C)cc1. The van der Waals surface area contributed by atoms with Gasteiger partial charge in [-0.3, -0.25) is 14.3 Å². The molecule has 2 N–H and O–H groups in total. The second kappa shape index (κ2) is 8.94. The van der Waals surface area contributed by atoms with E-state index in [-0.39, 0.29) is 23.3 Å². The number of benzene rings is 1. The molecule has 1 aromatic heterocycles. The van der Waals surface area contributed by atoms with Crippen molar-refractivity contribution in [3.05, 3.63) is 41.2 Å². The summed E-state index contributed by atoms with van der Waals surface area (Å²) in [4.78, 5) is 24.2. The number of aryl methyl sites for hydroxylation is 1. The molecule has 3 rings (SSSR count). The Bertz CT molecular complexity index is 1040. The first kappa shape index (κ1) is 21.9. The molecule has 11 heteroatoms. The Labute approximate surface area is 175 Å². The monoisotopic (exact) mass is 435 g/mol. The fourth-order valence-electron chi connectivity index (χ4n) is 3.31. The van der Waals surface area contributed by atoms with E-state index in [1.165, 1.54) is 8.99 Å². The number of amides is 2. The molecule has 1 fully saturated rings. The fourth-order valence-corrected chi connectivity index (χ4v) is 5.09. The highest BCUT2D eigenvalue weighted by Gasteiger charge is 2.32. The molecule has 10 nitrogen and oxygen atoms in total. The first-order valence-electron chi connectivity index (χ1n) is 9.48. The van der Waals surface area contributed by atoms with Crippen LogP contribution in [0.5, 0.6) is 0 Å². The van der Waals surface area contributed by atoms with Gasteiger partial charge in [-0.25, -0.2) is 8.42 Å². The van der Waals surface area contributed by atoms with Gasteiger partial charge in [-0.1, -0.05) is 0 Å². The third-order valence-electron chi connectivity index (χ3n) is 4.83. The maximum absolute atomic E-state index is 13.0. The van der Waals surface area contributed by atoms with Gasteiger partial charge in [-0.05, 0) is 38.1 Å². The third-order valence-corrected chi connectivity index (χ3v) is 6.99. The normalized spacial score (nSPS) is 15.0. The lowest BCUT2D eigenvalue weighted by Gasteiger charge is -2.26. The smallest absolute Gasteiger partial charge is 0.251 e. The standard InChI is InChI=1S/C19H25N5O5S/c1-13-18(30(27,28)23-8-10-29-11-9-23)14(2)24(22-13)12-17(25)21-16-6-4-15(5-7-16)19(26)20-3/h4-7H,8-12H2,1-3H3,(H,20,26)(H,21,25). The molecule has 0 bridgehead atoms. The molecule has 2 aromatic rings. The Balaban J connectivity index is 1.73. The van der Waals surface area contributed by atoms with Gasteiger partial charge < -0.3 is 15.4 Å². The molecule has 0 radical (unpaired) electrons. The van der Waals surface area contributed by atoms with Crippen LogP contribution in [0.25, 0.3) is 0 Å². The largest absolute Gasteiger partial charge is 0.379 e. The molecular formula is C19H25N5O5S. The number of hydrogen-bond acceptors (Lipinski definition) is 6. The molecular weight excluding hydrogens is 410 g/mol. The van der Waals surface area contributed by atoms with E-state index >= 15 is 0 Å². The number of carbonyl (C=O) groups excluding carboxylic acids is 2. The van der Waals surface area contributed by atoms with Crippen LogP contribution in [0, 0.1) is 13.8 Å². The number of anilines is 1.